The van der Waals surface area contributed by atoms with Gasteiger partial charge in [0.2, 0.25) is 0 Å². The Hall–Kier alpha value is -2.56. The van der Waals surface area contributed by atoms with Gasteiger partial charge in [-0.2, -0.15) is 0 Å². The Bertz CT molecular complexity index is 819. The SMILES string of the molecule is Oc1ccc(Cc2cnc3ccc(NC4CCCCC4)nn23)cc1. The number of hydrogen-bond donors (Lipinski definition) is 2. The molecule has 2 heterocycles. The zero-order valence-electron chi connectivity index (χ0n) is 13.7. The number of benzene rings is 1. The van der Waals surface area contributed by atoms with E-state index in [0.29, 0.717) is 6.04 Å². The molecule has 0 spiro atoms. The van der Waals surface area contributed by atoms with Crippen LogP contribution in [0.5, 0.6) is 5.75 Å². The third-order valence-corrected chi connectivity index (χ3v) is 4.71. The number of phenolic OH excluding ortho intramolecular Hbond substituents is 1. The quantitative estimate of drug-likeness (QED) is 0.767. The predicted octanol–water partition coefficient (Wildman–Crippen LogP) is 3.77. The Morgan fingerprint density at radius 3 is 2.62 bits per heavy atom. The number of phenols is 1. The molecule has 4 rings (SSSR count). The van der Waals surface area contributed by atoms with Gasteiger partial charge in [-0.1, -0.05) is 31.4 Å². The third-order valence-electron chi connectivity index (χ3n) is 4.71. The number of anilines is 1. The lowest BCUT2D eigenvalue weighted by Gasteiger charge is -2.23. The van der Waals surface area contributed by atoms with E-state index in [4.69, 9.17) is 5.10 Å². The number of aromatic hydroxyl groups is 1. The van der Waals surface area contributed by atoms with Crippen molar-refractivity contribution in [2.75, 3.05) is 5.32 Å². The van der Waals surface area contributed by atoms with E-state index in [-0.39, 0.29) is 5.75 Å². The number of rotatable bonds is 4. The summed E-state index contributed by atoms with van der Waals surface area (Å²) in [6, 6.07) is 11.8. The molecule has 1 saturated carbocycles. The van der Waals surface area contributed by atoms with Crippen LogP contribution < -0.4 is 5.32 Å². The maximum absolute atomic E-state index is 9.41. The molecule has 3 aromatic rings. The van der Waals surface area contributed by atoms with Crippen molar-refractivity contribution >= 4 is 11.5 Å². The van der Waals surface area contributed by atoms with Crippen molar-refractivity contribution in [1.29, 1.82) is 0 Å². The summed E-state index contributed by atoms with van der Waals surface area (Å²) >= 11 is 0. The zero-order valence-corrected chi connectivity index (χ0v) is 13.7. The molecule has 0 bridgehead atoms. The second-order valence-corrected chi connectivity index (χ2v) is 6.56. The number of nitrogens with zero attached hydrogens (tertiary/aromatic N) is 3. The van der Waals surface area contributed by atoms with E-state index in [1.54, 1.807) is 12.1 Å². The Morgan fingerprint density at radius 1 is 1.04 bits per heavy atom. The van der Waals surface area contributed by atoms with Crippen molar-refractivity contribution in [3.63, 3.8) is 0 Å². The van der Waals surface area contributed by atoms with Crippen LogP contribution in [0.15, 0.2) is 42.6 Å². The summed E-state index contributed by atoms with van der Waals surface area (Å²) in [7, 11) is 0. The van der Waals surface area contributed by atoms with Crippen molar-refractivity contribution in [3.8, 4) is 5.75 Å². The van der Waals surface area contributed by atoms with Crippen LogP contribution in [0.3, 0.4) is 0 Å². The monoisotopic (exact) mass is 322 g/mol. The highest BCUT2D eigenvalue weighted by Gasteiger charge is 2.14. The van der Waals surface area contributed by atoms with Crippen LogP contribution in [0.2, 0.25) is 0 Å². The van der Waals surface area contributed by atoms with Gasteiger partial charge in [0, 0.05) is 12.5 Å². The Morgan fingerprint density at radius 2 is 1.83 bits per heavy atom. The molecule has 1 aromatic carbocycles. The second-order valence-electron chi connectivity index (χ2n) is 6.56. The number of aromatic nitrogens is 3. The van der Waals surface area contributed by atoms with Gasteiger partial charge in [-0.15, -0.1) is 5.10 Å². The molecule has 1 aliphatic carbocycles. The number of hydrogen-bond acceptors (Lipinski definition) is 4. The van der Waals surface area contributed by atoms with E-state index in [0.717, 1.165) is 29.1 Å². The molecular weight excluding hydrogens is 300 g/mol. The van der Waals surface area contributed by atoms with E-state index in [1.807, 2.05) is 35.0 Å². The van der Waals surface area contributed by atoms with Gasteiger partial charge in [0.15, 0.2) is 5.65 Å². The van der Waals surface area contributed by atoms with Crippen molar-refractivity contribution in [3.05, 3.63) is 53.9 Å². The minimum Gasteiger partial charge on any atom is -0.508 e. The summed E-state index contributed by atoms with van der Waals surface area (Å²) in [5.41, 5.74) is 3.03. The molecule has 5 heteroatoms. The molecule has 0 aliphatic heterocycles. The largest absolute Gasteiger partial charge is 0.508 e. The van der Waals surface area contributed by atoms with Crippen molar-refractivity contribution < 1.29 is 5.11 Å². The lowest BCUT2D eigenvalue weighted by atomic mass is 9.95. The maximum Gasteiger partial charge on any atom is 0.153 e. The summed E-state index contributed by atoms with van der Waals surface area (Å²) < 4.78 is 1.91. The first kappa shape index (κ1) is 15.0. The molecule has 2 aromatic heterocycles. The summed E-state index contributed by atoms with van der Waals surface area (Å²) in [5.74, 6) is 1.20. The molecule has 0 atom stereocenters. The first-order valence-electron chi connectivity index (χ1n) is 8.66. The van der Waals surface area contributed by atoms with Crippen LogP contribution in [0.1, 0.15) is 43.4 Å². The molecule has 2 N–H and O–H groups in total. The highest BCUT2D eigenvalue weighted by atomic mass is 16.3. The van der Waals surface area contributed by atoms with Crippen LogP contribution in [0, 0.1) is 0 Å². The van der Waals surface area contributed by atoms with E-state index in [1.165, 1.54) is 32.1 Å². The molecule has 1 fully saturated rings. The fraction of sp³-hybridized carbons (Fsp3) is 0.368. The van der Waals surface area contributed by atoms with Crippen molar-refractivity contribution in [1.82, 2.24) is 14.6 Å². The predicted molar refractivity (Wildman–Crippen MR) is 94.4 cm³/mol. The van der Waals surface area contributed by atoms with Gasteiger partial charge in [-0.25, -0.2) is 9.50 Å². The molecular formula is C19H22N4O. The molecule has 5 nitrogen and oxygen atoms in total. The van der Waals surface area contributed by atoms with E-state index >= 15 is 0 Å². The normalized spacial score (nSPS) is 15.7. The van der Waals surface area contributed by atoms with Crippen molar-refractivity contribution in [2.45, 2.75) is 44.6 Å². The summed E-state index contributed by atoms with van der Waals surface area (Å²) in [4.78, 5) is 4.44. The van der Waals surface area contributed by atoms with Crippen LogP contribution in [-0.2, 0) is 6.42 Å². The average molecular weight is 322 g/mol. The highest BCUT2D eigenvalue weighted by molar-refractivity contribution is 5.46. The van der Waals surface area contributed by atoms with Gasteiger partial charge in [0.25, 0.3) is 0 Å². The summed E-state index contributed by atoms with van der Waals surface area (Å²) in [6.45, 7) is 0. The minimum absolute atomic E-state index is 0.286. The lowest BCUT2D eigenvalue weighted by Crippen LogP contribution is -2.23. The summed E-state index contributed by atoms with van der Waals surface area (Å²) in [6.07, 6.45) is 9.02. The van der Waals surface area contributed by atoms with Gasteiger partial charge < -0.3 is 10.4 Å². The van der Waals surface area contributed by atoms with Crippen LogP contribution in [-0.4, -0.2) is 25.7 Å². The van der Waals surface area contributed by atoms with Gasteiger partial charge in [0.1, 0.15) is 11.6 Å². The van der Waals surface area contributed by atoms with Crippen LogP contribution in [0.25, 0.3) is 5.65 Å². The highest BCUT2D eigenvalue weighted by Crippen LogP contribution is 2.21. The van der Waals surface area contributed by atoms with E-state index in [2.05, 4.69) is 10.3 Å². The Labute approximate surface area is 141 Å². The first-order valence-corrected chi connectivity index (χ1v) is 8.66. The molecule has 1 aliphatic rings. The lowest BCUT2D eigenvalue weighted by molar-refractivity contribution is 0.461. The minimum atomic E-state index is 0.286. The van der Waals surface area contributed by atoms with Gasteiger partial charge in [0.05, 0.1) is 11.9 Å². The molecule has 0 saturated heterocycles. The molecule has 0 radical (unpaired) electrons. The van der Waals surface area contributed by atoms with Crippen molar-refractivity contribution in [2.24, 2.45) is 0 Å². The smallest absolute Gasteiger partial charge is 0.153 e. The standard InChI is InChI=1S/C19H22N4O/c24-17-8-6-14(7-9-17)12-16-13-20-19-11-10-18(22-23(16)19)21-15-4-2-1-3-5-15/h6-11,13,15,24H,1-5,12H2,(H,21,22). The molecule has 0 unspecified atom stereocenters. The number of imidazole rings is 1. The fourth-order valence-electron chi connectivity index (χ4n) is 3.40. The second kappa shape index (κ2) is 6.51. The van der Waals surface area contributed by atoms with E-state index in [9.17, 15) is 5.11 Å². The van der Waals surface area contributed by atoms with Crippen LogP contribution >= 0.6 is 0 Å². The molecule has 24 heavy (non-hydrogen) atoms. The third kappa shape index (κ3) is 3.20. The Kier molecular flexibility index (Phi) is 4.07. The summed E-state index contributed by atoms with van der Waals surface area (Å²) in [5, 5.41) is 17.7. The number of fused-ring (bicyclic) bond motifs is 1. The first-order chi connectivity index (χ1) is 11.8. The van der Waals surface area contributed by atoms with Crippen LogP contribution in [0.4, 0.5) is 5.82 Å². The maximum atomic E-state index is 9.41. The van der Waals surface area contributed by atoms with Gasteiger partial charge >= 0.3 is 0 Å². The molecule has 0 amide bonds. The Balaban J connectivity index is 1.57. The van der Waals surface area contributed by atoms with Gasteiger partial charge in [-0.05, 0) is 42.7 Å². The van der Waals surface area contributed by atoms with E-state index < -0.39 is 0 Å². The van der Waals surface area contributed by atoms with Gasteiger partial charge in [-0.3, -0.25) is 0 Å². The zero-order chi connectivity index (χ0) is 16.4. The fourth-order valence-corrected chi connectivity index (χ4v) is 3.40. The topological polar surface area (TPSA) is 62.5 Å². The number of nitrogens with one attached hydrogen (secondary N) is 1. The average Bonchev–Trinajstić information content (AvgIpc) is 3.00. The molecule has 124 valence electrons.